The van der Waals surface area contributed by atoms with Crippen LogP contribution in [0.3, 0.4) is 0 Å². The predicted molar refractivity (Wildman–Crippen MR) is 78.3 cm³/mol. The van der Waals surface area contributed by atoms with Crippen molar-refractivity contribution in [3.63, 3.8) is 0 Å². The van der Waals surface area contributed by atoms with Crippen LogP contribution >= 0.6 is 0 Å². The summed E-state index contributed by atoms with van der Waals surface area (Å²) in [6, 6.07) is 0. The summed E-state index contributed by atoms with van der Waals surface area (Å²) < 4.78 is 8.03. The van der Waals surface area contributed by atoms with Crippen molar-refractivity contribution in [3.05, 3.63) is 5.69 Å². The molecule has 4 heteroatoms. The zero-order valence-electron chi connectivity index (χ0n) is 12.5. The standard InChI is InChI=1S/C15H27N3O/c1-4-8-12-14(16)15(18(3)17-12)19-13-10-7-6-9-11(13)5-2/h11,13H,4-10,16H2,1-3H3. The number of rotatable bonds is 5. The molecule has 1 aromatic heterocycles. The van der Waals surface area contributed by atoms with Crippen molar-refractivity contribution < 1.29 is 4.74 Å². The molecule has 2 atom stereocenters. The summed E-state index contributed by atoms with van der Waals surface area (Å²) >= 11 is 0. The third-order valence-electron chi connectivity index (χ3n) is 4.22. The van der Waals surface area contributed by atoms with Crippen molar-refractivity contribution in [3.8, 4) is 5.88 Å². The van der Waals surface area contributed by atoms with Crippen LogP contribution in [0.2, 0.25) is 0 Å². The Hall–Kier alpha value is -1.19. The summed E-state index contributed by atoms with van der Waals surface area (Å²) in [5.41, 5.74) is 7.90. The minimum Gasteiger partial charge on any atom is -0.473 e. The molecule has 1 saturated carbocycles. The van der Waals surface area contributed by atoms with Crippen molar-refractivity contribution in [2.75, 3.05) is 5.73 Å². The second-order valence-electron chi connectivity index (χ2n) is 5.65. The van der Waals surface area contributed by atoms with Crippen LogP contribution in [0.5, 0.6) is 5.88 Å². The first-order valence-corrected chi connectivity index (χ1v) is 7.65. The van der Waals surface area contributed by atoms with E-state index in [0.717, 1.165) is 36.5 Å². The smallest absolute Gasteiger partial charge is 0.236 e. The SMILES string of the molecule is CCCc1nn(C)c(OC2CCCCC2CC)c1N. The van der Waals surface area contributed by atoms with Crippen LogP contribution in [-0.4, -0.2) is 15.9 Å². The third kappa shape index (κ3) is 3.04. The van der Waals surface area contributed by atoms with E-state index in [9.17, 15) is 0 Å². The largest absolute Gasteiger partial charge is 0.473 e. The average Bonchev–Trinajstić information content (AvgIpc) is 2.68. The quantitative estimate of drug-likeness (QED) is 0.888. The predicted octanol–water partition coefficient (Wildman–Crippen LogP) is 3.30. The molecule has 0 aromatic carbocycles. The number of anilines is 1. The summed E-state index contributed by atoms with van der Waals surface area (Å²) in [4.78, 5) is 0. The molecule has 19 heavy (non-hydrogen) atoms. The van der Waals surface area contributed by atoms with Crippen LogP contribution < -0.4 is 10.5 Å². The van der Waals surface area contributed by atoms with Gasteiger partial charge in [-0.3, -0.25) is 0 Å². The minimum atomic E-state index is 0.311. The van der Waals surface area contributed by atoms with Crippen LogP contribution in [0.4, 0.5) is 5.69 Å². The van der Waals surface area contributed by atoms with Crippen LogP contribution in [0, 0.1) is 5.92 Å². The zero-order valence-corrected chi connectivity index (χ0v) is 12.5. The lowest BCUT2D eigenvalue weighted by Gasteiger charge is -2.31. The summed E-state index contributed by atoms with van der Waals surface area (Å²) in [5, 5.41) is 4.48. The highest BCUT2D eigenvalue weighted by molar-refractivity contribution is 5.53. The minimum absolute atomic E-state index is 0.311. The van der Waals surface area contributed by atoms with Crippen molar-refractivity contribution in [1.82, 2.24) is 9.78 Å². The number of aromatic nitrogens is 2. The van der Waals surface area contributed by atoms with Gasteiger partial charge < -0.3 is 10.5 Å². The van der Waals surface area contributed by atoms with Crippen molar-refractivity contribution in [1.29, 1.82) is 0 Å². The van der Waals surface area contributed by atoms with E-state index in [0.29, 0.717) is 12.0 Å². The van der Waals surface area contributed by atoms with E-state index < -0.39 is 0 Å². The zero-order chi connectivity index (χ0) is 13.8. The lowest BCUT2D eigenvalue weighted by molar-refractivity contribution is 0.0823. The molecule has 0 saturated heterocycles. The average molecular weight is 265 g/mol. The summed E-state index contributed by atoms with van der Waals surface area (Å²) in [6.07, 6.45) is 8.50. The first kappa shape index (κ1) is 14.2. The molecule has 1 heterocycles. The lowest BCUT2D eigenvalue weighted by Crippen LogP contribution is -2.30. The Kier molecular flexibility index (Phi) is 4.72. The van der Waals surface area contributed by atoms with Gasteiger partial charge in [0, 0.05) is 7.05 Å². The number of nitrogens with two attached hydrogens (primary N) is 1. The van der Waals surface area contributed by atoms with Crippen LogP contribution in [0.1, 0.15) is 58.1 Å². The molecule has 2 N–H and O–H groups in total. The van der Waals surface area contributed by atoms with E-state index in [4.69, 9.17) is 10.5 Å². The van der Waals surface area contributed by atoms with E-state index in [1.807, 2.05) is 11.7 Å². The summed E-state index contributed by atoms with van der Waals surface area (Å²) in [5.74, 6) is 1.44. The highest BCUT2D eigenvalue weighted by atomic mass is 16.5. The molecule has 2 unspecified atom stereocenters. The Morgan fingerprint density at radius 2 is 2.05 bits per heavy atom. The van der Waals surface area contributed by atoms with Gasteiger partial charge in [-0.15, -0.1) is 0 Å². The molecule has 0 amide bonds. The van der Waals surface area contributed by atoms with Gasteiger partial charge in [-0.1, -0.05) is 26.7 Å². The highest BCUT2D eigenvalue weighted by Crippen LogP contribution is 2.33. The Morgan fingerprint density at radius 3 is 2.74 bits per heavy atom. The number of ether oxygens (including phenoxy) is 1. The molecule has 108 valence electrons. The Balaban J connectivity index is 2.13. The maximum absolute atomic E-state index is 6.22. The summed E-state index contributed by atoms with van der Waals surface area (Å²) in [7, 11) is 1.93. The fourth-order valence-electron chi connectivity index (χ4n) is 3.08. The molecule has 1 fully saturated rings. The molecule has 0 bridgehead atoms. The monoisotopic (exact) mass is 265 g/mol. The molecule has 1 aromatic rings. The van der Waals surface area contributed by atoms with E-state index in [1.54, 1.807) is 0 Å². The van der Waals surface area contributed by atoms with Gasteiger partial charge >= 0.3 is 0 Å². The summed E-state index contributed by atoms with van der Waals surface area (Å²) in [6.45, 7) is 4.39. The molecule has 0 spiro atoms. The first-order valence-electron chi connectivity index (χ1n) is 7.65. The van der Waals surface area contributed by atoms with Gasteiger partial charge in [-0.2, -0.15) is 5.10 Å². The molecule has 2 rings (SSSR count). The number of hydrogen-bond acceptors (Lipinski definition) is 3. The van der Waals surface area contributed by atoms with Gasteiger partial charge in [-0.05, 0) is 38.0 Å². The van der Waals surface area contributed by atoms with E-state index >= 15 is 0 Å². The van der Waals surface area contributed by atoms with E-state index in [2.05, 4.69) is 18.9 Å². The van der Waals surface area contributed by atoms with Gasteiger partial charge in [0.05, 0.1) is 5.69 Å². The van der Waals surface area contributed by atoms with E-state index in [-0.39, 0.29) is 0 Å². The maximum atomic E-state index is 6.22. The normalized spacial score (nSPS) is 23.5. The Bertz CT molecular complexity index is 414. The number of hydrogen-bond donors (Lipinski definition) is 1. The van der Waals surface area contributed by atoms with Gasteiger partial charge in [-0.25, -0.2) is 4.68 Å². The molecular weight excluding hydrogens is 238 g/mol. The molecule has 1 aliphatic rings. The fraction of sp³-hybridized carbons (Fsp3) is 0.800. The van der Waals surface area contributed by atoms with Gasteiger partial charge in [0.1, 0.15) is 11.8 Å². The lowest BCUT2D eigenvalue weighted by atomic mass is 9.85. The fourth-order valence-corrected chi connectivity index (χ4v) is 3.08. The third-order valence-corrected chi connectivity index (χ3v) is 4.22. The first-order chi connectivity index (χ1) is 9.17. The van der Waals surface area contributed by atoms with Crippen molar-refractivity contribution in [2.24, 2.45) is 13.0 Å². The molecule has 0 radical (unpaired) electrons. The van der Waals surface area contributed by atoms with Crippen molar-refractivity contribution >= 4 is 5.69 Å². The van der Waals surface area contributed by atoms with Crippen LogP contribution in [0.15, 0.2) is 0 Å². The maximum Gasteiger partial charge on any atom is 0.236 e. The van der Waals surface area contributed by atoms with Gasteiger partial charge in [0.25, 0.3) is 0 Å². The molecular formula is C15H27N3O. The van der Waals surface area contributed by atoms with E-state index in [1.165, 1.54) is 25.7 Å². The van der Waals surface area contributed by atoms with Gasteiger partial charge in [0.2, 0.25) is 5.88 Å². The Morgan fingerprint density at radius 1 is 1.32 bits per heavy atom. The number of nitrogen functional groups attached to an aromatic ring is 1. The number of nitrogens with zero attached hydrogens (tertiary/aromatic N) is 2. The highest BCUT2D eigenvalue weighted by Gasteiger charge is 2.27. The van der Waals surface area contributed by atoms with Crippen molar-refractivity contribution in [2.45, 2.75) is 64.9 Å². The number of aryl methyl sites for hydroxylation is 2. The van der Waals surface area contributed by atoms with Gasteiger partial charge in [0.15, 0.2) is 0 Å². The second-order valence-corrected chi connectivity index (χ2v) is 5.65. The Labute approximate surface area is 116 Å². The topological polar surface area (TPSA) is 53.1 Å². The molecule has 4 nitrogen and oxygen atoms in total. The molecule has 0 aliphatic heterocycles. The molecule has 1 aliphatic carbocycles. The second kappa shape index (κ2) is 6.31. The van der Waals surface area contributed by atoms with Crippen LogP contribution in [-0.2, 0) is 13.5 Å². The van der Waals surface area contributed by atoms with Crippen LogP contribution in [0.25, 0.3) is 0 Å².